The second-order valence-corrected chi connectivity index (χ2v) is 5.45. The second-order valence-electron chi connectivity index (χ2n) is 3.73. The predicted octanol–water partition coefficient (Wildman–Crippen LogP) is 4.63. The van der Waals surface area contributed by atoms with Gasteiger partial charge in [-0.25, -0.2) is 4.98 Å². The molecule has 0 aliphatic carbocycles. The topological polar surface area (TPSA) is 25.8 Å². The summed E-state index contributed by atoms with van der Waals surface area (Å²) in [6.07, 6.45) is 1.78. The van der Waals surface area contributed by atoms with Crippen LogP contribution in [0.3, 0.4) is 0 Å². The van der Waals surface area contributed by atoms with E-state index in [1.54, 1.807) is 17.5 Å². The van der Waals surface area contributed by atoms with Crippen LogP contribution in [0.1, 0.15) is 0 Å². The lowest BCUT2D eigenvalue weighted by molar-refractivity contribution is 1.28. The first kappa shape index (κ1) is 11.6. The third-order valence-electron chi connectivity index (χ3n) is 2.54. The van der Waals surface area contributed by atoms with Crippen molar-refractivity contribution < 1.29 is 0 Å². The summed E-state index contributed by atoms with van der Waals surface area (Å²) in [4.78, 5) is 8.95. The summed E-state index contributed by atoms with van der Waals surface area (Å²) < 4.78 is 1.06. The Hall–Kier alpha value is -1.52. The molecule has 3 rings (SSSR count). The summed E-state index contributed by atoms with van der Waals surface area (Å²) >= 11 is 5.18. The fourth-order valence-electron chi connectivity index (χ4n) is 1.66. The molecule has 4 heteroatoms. The Morgan fingerprint density at radius 1 is 0.944 bits per heavy atom. The van der Waals surface area contributed by atoms with Gasteiger partial charge in [0.1, 0.15) is 10.7 Å². The van der Waals surface area contributed by atoms with Crippen LogP contribution < -0.4 is 0 Å². The smallest absolute Gasteiger partial charge is 0.125 e. The van der Waals surface area contributed by atoms with Crippen LogP contribution in [0.25, 0.3) is 22.0 Å². The van der Waals surface area contributed by atoms with E-state index in [1.807, 2.05) is 41.8 Å². The van der Waals surface area contributed by atoms with Crippen molar-refractivity contribution in [2.45, 2.75) is 0 Å². The van der Waals surface area contributed by atoms with E-state index in [1.165, 1.54) is 0 Å². The van der Waals surface area contributed by atoms with Gasteiger partial charge < -0.3 is 0 Å². The lowest BCUT2D eigenvalue weighted by Gasteiger charge is -1.99. The molecule has 88 valence electrons. The van der Waals surface area contributed by atoms with Crippen LogP contribution in [0.15, 0.2) is 58.5 Å². The van der Waals surface area contributed by atoms with Crippen molar-refractivity contribution in [3.05, 3.63) is 58.5 Å². The second kappa shape index (κ2) is 5.00. The number of hydrogen-bond donors (Lipinski definition) is 0. The van der Waals surface area contributed by atoms with Crippen LogP contribution in [-0.4, -0.2) is 9.97 Å². The van der Waals surface area contributed by atoms with Gasteiger partial charge in [0.2, 0.25) is 0 Å². The minimum Gasteiger partial charge on any atom is -0.255 e. The molecule has 3 aromatic rings. The van der Waals surface area contributed by atoms with E-state index in [0.717, 1.165) is 26.4 Å². The van der Waals surface area contributed by atoms with E-state index in [4.69, 9.17) is 0 Å². The Labute approximate surface area is 117 Å². The maximum absolute atomic E-state index is 4.64. The third-order valence-corrected chi connectivity index (χ3v) is 4.10. The minimum atomic E-state index is 0.909. The van der Waals surface area contributed by atoms with Gasteiger partial charge in [0.25, 0.3) is 0 Å². The number of thiazole rings is 1. The highest BCUT2D eigenvalue weighted by Gasteiger charge is 2.09. The van der Waals surface area contributed by atoms with E-state index >= 15 is 0 Å². The third kappa shape index (κ3) is 2.21. The summed E-state index contributed by atoms with van der Waals surface area (Å²) in [5.74, 6) is 0. The van der Waals surface area contributed by atoms with Crippen LogP contribution in [0.2, 0.25) is 0 Å². The number of benzene rings is 1. The molecule has 0 aliphatic rings. The quantitative estimate of drug-likeness (QED) is 0.688. The molecular formula is C14H9BrN2S. The van der Waals surface area contributed by atoms with Gasteiger partial charge in [-0.3, -0.25) is 4.98 Å². The Morgan fingerprint density at radius 3 is 2.56 bits per heavy atom. The van der Waals surface area contributed by atoms with Gasteiger partial charge in [0.05, 0.1) is 5.69 Å². The largest absolute Gasteiger partial charge is 0.255 e. The fourth-order valence-corrected chi connectivity index (χ4v) is 3.12. The van der Waals surface area contributed by atoms with Crippen LogP contribution >= 0.6 is 27.3 Å². The molecule has 2 nitrogen and oxygen atoms in total. The molecule has 0 saturated heterocycles. The molecule has 0 atom stereocenters. The van der Waals surface area contributed by atoms with Crippen molar-refractivity contribution in [3.63, 3.8) is 0 Å². The average Bonchev–Trinajstić information content (AvgIpc) is 2.90. The van der Waals surface area contributed by atoms with Crippen molar-refractivity contribution >= 4 is 27.3 Å². The minimum absolute atomic E-state index is 0.909. The standard InChI is InChI=1S/C14H9BrN2S/c15-11-6-2-1-5-10(11)14-17-13(9-18-14)12-7-3-4-8-16-12/h1-9H. The molecule has 0 bridgehead atoms. The number of hydrogen-bond acceptors (Lipinski definition) is 3. The van der Waals surface area contributed by atoms with Crippen LogP contribution in [0, 0.1) is 0 Å². The maximum Gasteiger partial charge on any atom is 0.125 e. The van der Waals surface area contributed by atoms with Gasteiger partial charge in [-0.15, -0.1) is 11.3 Å². The Kier molecular flexibility index (Phi) is 3.21. The first-order valence-corrected chi connectivity index (χ1v) is 7.14. The number of halogens is 1. The van der Waals surface area contributed by atoms with Gasteiger partial charge in [-0.2, -0.15) is 0 Å². The van der Waals surface area contributed by atoms with E-state index in [-0.39, 0.29) is 0 Å². The normalized spacial score (nSPS) is 10.5. The Balaban J connectivity index is 2.03. The van der Waals surface area contributed by atoms with E-state index in [2.05, 4.69) is 32.0 Å². The SMILES string of the molecule is Brc1ccccc1-c1nc(-c2ccccn2)cs1. The van der Waals surface area contributed by atoms with Crippen LogP contribution in [0.4, 0.5) is 0 Å². The van der Waals surface area contributed by atoms with E-state index in [9.17, 15) is 0 Å². The zero-order valence-corrected chi connectivity index (χ0v) is 11.8. The molecule has 2 heterocycles. The molecule has 0 aliphatic heterocycles. The van der Waals surface area contributed by atoms with Gasteiger partial charge in [0, 0.05) is 21.6 Å². The molecule has 1 aromatic carbocycles. The number of rotatable bonds is 2. The molecule has 0 radical (unpaired) electrons. The molecule has 0 saturated carbocycles. The highest BCUT2D eigenvalue weighted by atomic mass is 79.9. The summed E-state index contributed by atoms with van der Waals surface area (Å²) in [5.41, 5.74) is 2.95. The summed E-state index contributed by atoms with van der Waals surface area (Å²) in [6.45, 7) is 0. The zero-order chi connectivity index (χ0) is 12.4. The summed E-state index contributed by atoms with van der Waals surface area (Å²) in [6, 6.07) is 14.0. The Bertz CT molecular complexity index is 664. The first-order valence-electron chi connectivity index (χ1n) is 5.46. The molecule has 0 amide bonds. The molecule has 18 heavy (non-hydrogen) atoms. The molecule has 0 fully saturated rings. The maximum atomic E-state index is 4.64. The summed E-state index contributed by atoms with van der Waals surface area (Å²) in [7, 11) is 0. The lowest BCUT2D eigenvalue weighted by Crippen LogP contribution is -1.83. The highest BCUT2D eigenvalue weighted by molar-refractivity contribution is 9.10. The summed E-state index contributed by atoms with van der Waals surface area (Å²) in [5, 5.41) is 3.04. The van der Waals surface area contributed by atoms with E-state index in [0.29, 0.717) is 0 Å². The zero-order valence-electron chi connectivity index (χ0n) is 9.38. The van der Waals surface area contributed by atoms with Crippen molar-refractivity contribution in [2.75, 3.05) is 0 Å². The lowest BCUT2D eigenvalue weighted by atomic mass is 10.2. The van der Waals surface area contributed by atoms with Gasteiger partial charge in [0.15, 0.2) is 0 Å². The van der Waals surface area contributed by atoms with Gasteiger partial charge in [-0.05, 0) is 18.2 Å². The first-order chi connectivity index (χ1) is 8.84. The van der Waals surface area contributed by atoms with Crippen LogP contribution in [0.5, 0.6) is 0 Å². The number of nitrogens with zero attached hydrogens (tertiary/aromatic N) is 2. The monoisotopic (exact) mass is 316 g/mol. The molecule has 0 spiro atoms. The molecule has 0 unspecified atom stereocenters. The molecule has 2 aromatic heterocycles. The highest BCUT2D eigenvalue weighted by Crippen LogP contribution is 2.32. The van der Waals surface area contributed by atoms with Gasteiger partial charge in [-0.1, -0.05) is 40.2 Å². The molecular weight excluding hydrogens is 308 g/mol. The van der Waals surface area contributed by atoms with E-state index < -0.39 is 0 Å². The molecule has 0 N–H and O–H groups in total. The van der Waals surface area contributed by atoms with Crippen molar-refractivity contribution in [1.82, 2.24) is 9.97 Å². The van der Waals surface area contributed by atoms with Crippen LogP contribution in [-0.2, 0) is 0 Å². The average molecular weight is 317 g/mol. The van der Waals surface area contributed by atoms with Gasteiger partial charge >= 0.3 is 0 Å². The fraction of sp³-hybridized carbons (Fsp3) is 0. The number of pyridine rings is 1. The number of aromatic nitrogens is 2. The predicted molar refractivity (Wildman–Crippen MR) is 78.5 cm³/mol. The van der Waals surface area contributed by atoms with Crippen molar-refractivity contribution in [2.24, 2.45) is 0 Å². The Morgan fingerprint density at radius 2 is 1.78 bits per heavy atom. The van der Waals surface area contributed by atoms with Crippen molar-refractivity contribution in [3.8, 4) is 22.0 Å². The van der Waals surface area contributed by atoms with Crippen molar-refractivity contribution in [1.29, 1.82) is 0 Å².